The molecule has 0 N–H and O–H groups in total. The lowest BCUT2D eigenvalue weighted by molar-refractivity contribution is -0.413. The zero-order valence-corrected chi connectivity index (χ0v) is 10.7. The second-order valence-corrected chi connectivity index (χ2v) is 4.28. The molecule has 0 rings (SSSR count). The second kappa shape index (κ2) is 9.13. The number of hydrogen-bond donors (Lipinski definition) is 0. The van der Waals surface area contributed by atoms with E-state index >= 15 is 0 Å². The van der Waals surface area contributed by atoms with Crippen LogP contribution >= 0.6 is 0 Å². The topological polar surface area (TPSA) is 27.7 Å². The lowest BCUT2D eigenvalue weighted by Gasteiger charge is -2.21. The number of methoxy groups -OCH3 is 1. The highest BCUT2D eigenvalue weighted by Crippen LogP contribution is 2.10. The molecular formula is C12H26O3. The molecule has 0 aromatic rings. The highest BCUT2D eigenvalue weighted by atomic mass is 17.2. The van der Waals surface area contributed by atoms with Crippen LogP contribution in [0.3, 0.4) is 0 Å². The molecule has 15 heavy (non-hydrogen) atoms. The van der Waals surface area contributed by atoms with E-state index in [2.05, 4.69) is 6.92 Å². The predicted molar refractivity (Wildman–Crippen MR) is 61.5 cm³/mol. The van der Waals surface area contributed by atoms with Gasteiger partial charge < -0.3 is 4.74 Å². The zero-order valence-electron chi connectivity index (χ0n) is 10.7. The van der Waals surface area contributed by atoms with E-state index in [1.54, 1.807) is 7.11 Å². The van der Waals surface area contributed by atoms with Gasteiger partial charge in [0.15, 0.2) is 5.79 Å². The molecule has 0 aromatic carbocycles. The third kappa shape index (κ3) is 10.2. The van der Waals surface area contributed by atoms with E-state index in [9.17, 15) is 0 Å². The van der Waals surface area contributed by atoms with Gasteiger partial charge in [-0.25, -0.2) is 9.78 Å². The highest BCUT2D eigenvalue weighted by molar-refractivity contribution is 4.47. The Kier molecular flexibility index (Phi) is 9.06. The molecule has 0 amide bonds. The highest BCUT2D eigenvalue weighted by Gasteiger charge is 2.17. The first-order chi connectivity index (χ1) is 7.12. The minimum absolute atomic E-state index is 0.637. The number of ether oxygens (including phenoxy) is 1. The molecule has 0 saturated carbocycles. The van der Waals surface area contributed by atoms with E-state index < -0.39 is 5.79 Å². The van der Waals surface area contributed by atoms with Crippen molar-refractivity contribution in [3.05, 3.63) is 0 Å². The van der Waals surface area contributed by atoms with Crippen LogP contribution in [-0.2, 0) is 14.5 Å². The van der Waals surface area contributed by atoms with Gasteiger partial charge in [-0.05, 0) is 20.3 Å². The lowest BCUT2D eigenvalue weighted by atomic mass is 10.1. The fourth-order valence-corrected chi connectivity index (χ4v) is 1.16. The van der Waals surface area contributed by atoms with Gasteiger partial charge in [-0.15, -0.1) is 0 Å². The largest absolute Gasteiger partial charge is 0.351 e. The third-order valence-corrected chi connectivity index (χ3v) is 2.33. The molecule has 3 nitrogen and oxygen atoms in total. The monoisotopic (exact) mass is 218 g/mol. The standard InChI is InChI=1S/C12H26O3/c1-5-6-7-8-9-10-11-14-15-12(2,3)13-4/h5-11H2,1-4H3. The molecule has 0 atom stereocenters. The van der Waals surface area contributed by atoms with Crippen molar-refractivity contribution in [2.75, 3.05) is 13.7 Å². The van der Waals surface area contributed by atoms with Crippen molar-refractivity contribution < 1.29 is 14.5 Å². The summed E-state index contributed by atoms with van der Waals surface area (Å²) >= 11 is 0. The summed E-state index contributed by atoms with van der Waals surface area (Å²) in [4.78, 5) is 10.2. The Balaban J connectivity index is 3.11. The Bertz CT molecular complexity index is 135. The van der Waals surface area contributed by atoms with Gasteiger partial charge in [0.2, 0.25) is 0 Å². The first-order valence-electron chi connectivity index (χ1n) is 5.98. The number of unbranched alkanes of at least 4 members (excludes halogenated alkanes) is 5. The number of rotatable bonds is 10. The summed E-state index contributed by atoms with van der Waals surface area (Å²) in [7, 11) is 1.61. The molecule has 0 aromatic heterocycles. The predicted octanol–water partition coefficient (Wildman–Crippen LogP) is 3.68. The summed E-state index contributed by atoms with van der Waals surface area (Å²) in [5.41, 5.74) is 0. The van der Waals surface area contributed by atoms with Crippen LogP contribution in [0.1, 0.15) is 59.3 Å². The normalized spacial score (nSPS) is 12.0. The summed E-state index contributed by atoms with van der Waals surface area (Å²) in [6.45, 7) is 6.53. The van der Waals surface area contributed by atoms with Gasteiger partial charge in [-0.2, -0.15) is 0 Å². The number of hydrogen-bond acceptors (Lipinski definition) is 3. The molecule has 0 spiro atoms. The van der Waals surface area contributed by atoms with E-state index in [0.29, 0.717) is 6.61 Å². The molecule has 0 bridgehead atoms. The lowest BCUT2D eigenvalue weighted by Crippen LogP contribution is -2.26. The van der Waals surface area contributed by atoms with Gasteiger partial charge in [0.05, 0.1) is 6.61 Å². The quantitative estimate of drug-likeness (QED) is 0.242. The minimum atomic E-state index is -0.637. The van der Waals surface area contributed by atoms with E-state index in [1.165, 1.54) is 32.1 Å². The van der Waals surface area contributed by atoms with E-state index in [-0.39, 0.29) is 0 Å². The summed E-state index contributed by atoms with van der Waals surface area (Å²) in [6.07, 6.45) is 7.54. The van der Waals surface area contributed by atoms with E-state index in [1.807, 2.05) is 13.8 Å². The summed E-state index contributed by atoms with van der Waals surface area (Å²) < 4.78 is 5.05. The van der Waals surface area contributed by atoms with Crippen LogP contribution in [0.2, 0.25) is 0 Å². The Labute approximate surface area is 94.0 Å². The molecule has 0 heterocycles. The van der Waals surface area contributed by atoms with Gasteiger partial charge in [0.1, 0.15) is 0 Å². The van der Waals surface area contributed by atoms with Crippen LogP contribution in [-0.4, -0.2) is 19.5 Å². The molecule has 0 fully saturated rings. The van der Waals surface area contributed by atoms with Crippen molar-refractivity contribution in [1.82, 2.24) is 0 Å². The molecule has 0 saturated heterocycles. The maximum atomic E-state index is 5.08. The Morgan fingerprint density at radius 3 is 2.13 bits per heavy atom. The Hall–Kier alpha value is -0.120. The third-order valence-electron chi connectivity index (χ3n) is 2.33. The van der Waals surface area contributed by atoms with Gasteiger partial charge >= 0.3 is 0 Å². The molecule has 0 aliphatic heterocycles. The average molecular weight is 218 g/mol. The van der Waals surface area contributed by atoms with Crippen LogP contribution in [0.25, 0.3) is 0 Å². The maximum Gasteiger partial charge on any atom is 0.195 e. The zero-order chi connectivity index (χ0) is 11.6. The molecule has 92 valence electrons. The van der Waals surface area contributed by atoms with Crippen LogP contribution < -0.4 is 0 Å². The summed E-state index contributed by atoms with van der Waals surface area (Å²) in [5, 5.41) is 0. The molecule has 0 radical (unpaired) electrons. The van der Waals surface area contributed by atoms with Crippen LogP contribution in [0, 0.1) is 0 Å². The van der Waals surface area contributed by atoms with E-state index in [4.69, 9.17) is 14.5 Å². The van der Waals surface area contributed by atoms with Crippen molar-refractivity contribution in [2.45, 2.75) is 65.1 Å². The minimum Gasteiger partial charge on any atom is -0.351 e. The maximum absolute atomic E-state index is 5.08. The fraction of sp³-hybridized carbons (Fsp3) is 1.00. The molecule has 0 aliphatic carbocycles. The molecule has 3 heteroatoms. The average Bonchev–Trinajstić information content (AvgIpc) is 2.22. The first kappa shape index (κ1) is 14.9. The summed E-state index contributed by atoms with van der Waals surface area (Å²) in [6, 6.07) is 0. The van der Waals surface area contributed by atoms with E-state index in [0.717, 1.165) is 6.42 Å². The first-order valence-corrected chi connectivity index (χ1v) is 5.98. The SMILES string of the molecule is CCCCCCCCOOC(C)(C)OC. The van der Waals surface area contributed by atoms with Crippen LogP contribution in [0.15, 0.2) is 0 Å². The van der Waals surface area contributed by atoms with Crippen molar-refractivity contribution in [1.29, 1.82) is 0 Å². The van der Waals surface area contributed by atoms with Gasteiger partial charge in [-0.1, -0.05) is 39.0 Å². The van der Waals surface area contributed by atoms with Crippen molar-refractivity contribution >= 4 is 0 Å². The second-order valence-electron chi connectivity index (χ2n) is 4.28. The van der Waals surface area contributed by atoms with Gasteiger partial charge in [0, 0.05) is 7.11 Å². The fourth-order valence-electron chi connectivity index (χ4n) is 1.16. The molecular weight excluding hydrogens is 192 g/mol. The van der Waals surface area contributed by atoms with Crippen molar-refractivity contribution in [3.8, 4) is 0 Å². The molecule has 0 unspecified atom stereocenters. The van der Waals surface area contributed by atoms with Crippen LogP contribution in [0.4, 0.5) is 0 Å². The molecule has 0 aliphatic rings. The summed E-state index contributed by atoms with van der Waals surface area (Å²) in [5.74, 6) is -0.637. The van der Waals surface area contributed by atoms with Gasteiger partial charge in [0.25, 0.3) is 0 Å². The smallest absolute Gasteiger partial charge is 0.195 e. The van der Waals surface area contributed by atoms with Gasteiger partial charge in [-0.3, -0.25) is 0 Å². The van der Waals surface area contributed by atoms with Crippen LogP contribution in [0.5, 0.6) is 0 Å². The Morgan fingerprint density at radius 2 is 1.53 bits per heavy atom. The van der Waals surface area contributed by atoms with Crippen molar-refractivity contribution in [2.24, 2.45) is 0 Å². The van der Waals surface area contributed by atoms with Crippen molar-refractivity contribution in [3.63, 3.8) is 0 Å². The Morgan fingerprint density at radius 1 is 0.933 bits per heavy atom.